The van der Waals surface area contributed by atoms with Gasteiger partial charge < -0.3 is 25.3 Å². The SMILES string of the molecule is CC(C)C[C@H](NC(=O)CNC(=O)c1cc(Br)cc(C(F)(F)F)c1Br)B1OC(C)CNCC(C)O1. The molecule has 0 aliphatic carbocycles. The average molecular weight is 615 g/mol. The Morgan fingerprint density at radius 1 is 1.18 bits per heavy atom. The molecule has 7 nitrogen and oxygen atoms in total. The van der Waals surface area contributed by atoms with E-state index < -0.39 is 47.6 Å². The highest BCUT2D eigenvalue weighted by atomic mass is 79.9. The number of alkyl halides is 3. The van der Waals surface area contributed by atoms with Gasteiger partial charge in [0.15, 0.2) is 0 Å². The van der Waals surface area contributed by atoms with Crippen molar-refractivity contribution in [2.45, 2.75) is 58.4 Å². The normalized spacial score (nSPS) is 20.5. The first-order valence-electron chi connectivity index (χ1n) is 10.9. The third kappa shape index (κ3) is 8.82. The number of rotatable bonds is 7. The standard InChI is InChI=1S/C21H29BBr2F3N3O4/c1-11(2)5-17(22-33-12(3)8-28-9-13(4)34-22)30-18(31)10-29-20(32)15-6-14(23)7-16(19(15)24)21(25,26)27/h6-7,11-13,17,28H,5,8-10H2,1-4H3,(H,29,32)(H,30,31)/t12?,13?,17-/m0/s1. The van der Waals surface area contributed by atoms with Crippen LogP contribution in [0.1, 0.15) is 50.0 Å². The Morgan fingerprint density at radius 2 is 1.76 bits per heavy atom. The summed E-state index contributed by atoms with van der Waals surface area (Å²) in [4.78, 5) is 25.2. The largest absolute Gasteiger partial charge is 0.481 e. The maximum Gasteiger partial charge on any atom is 0.481 e. The molecule has 1 heterocycles. The zero-order valence-electron chi connectivity index (χ0n) is 19.4. The molecule has 13 heteroatoms. The summed E-state index contributed by atoms with van der Waals surface area (Å²) in [6, 6.07) is 2.12. The summed E-state index contributed by atoms with van der Waals surface area (Å²) in [5.74, 6) is -1.57. The number of halogens is 5. The predicted molar refractivity (Wildman–Crippen MR) is 130 cm³/mol. The van der Waals surface area contributed by atoms with Crippen molar-refractivity contribution in [2.24, 2.45) is 5.92 Å². The molecule has 2 rings (SSSR count). The van der Waals surface area contributed by atoms with E-state index in [-0.39, 0.29) is 28.2 Å². The van der Waals surface area contributed by atoms with Crippen LogP contribution in [0.2, 0.25) is 0 Å². The molecule has 2 amide bonds. The molecule has 0 spiro atoms. The van der Waals surface area contributed by atoms with Crippen LogP contribution in [-0.2, 0) is 20.3 Å². The fourth-order valence-corrected chi connectivity index (χ4v) is 4.58. The van der Waals surface area contributed by atoms with Crippen LogP contribution in [0.4, 0.5) is 13.2 Å². The van der Waals surface area contributed by atoms with Gasteiger partial charge in [-0.2, -0.15) is 13.2 Å². The Bertz CT molecular complexity index is 864. The summed E-state index contributed by atoms with van der Waals surface area (Å²) in [7, 11) is -0.678. The highest BCUT2D eigenvalue weighted by molar-refractivity contribution is 9.11. The van der Waals surface area contributed by atoms with Crippen molar-refractivity contribution >= 4 is 50.8 Å². The maximum absolute atomic E-state index is 13.2. The molecule has 3 atom stereocenters. The Labute approximate surface area is 214 Å². The van der Waals surface area contributed by atoms with Gasteiger partial charge >= 0.3 is 13.3 Å². The van der Waals surface area contributed by atoms with Crippen LogP contribution >= 0.6 is 31.9 Å². The van der Waals surface area contributed by atoms with Gasteiger partial charge in [-0.05, 0) is 54.2 Å². The van der Waals surface area contributed by atoms with Crippen LogP contribution in [0.5, 0.6) is 0 Å². The first-order chi connectivity index (χ1) is 15.8. The fraction of sp³-hybridized carbons (Fsp3) is 0.619. The van der Waals surface area contributed by atoms with E-state index in [0.29, 0.717) is 19.5 Å². The molecule has 0 saturated carbocycles. The summed E-state index contributed by atoms with van der Waals surface area (Å²) in [5, 5.41) is 8.47. The Morgan fingerprint density at radius 3 is 2.29 bits per heavy atom. The molecular formula is C21H29BBr2F3N3O4. The van der Waals surface area contributed by atoms with Crippen LogP contribution in [0.15, 0.2) is 21.1 Å². The smallest absolute Gasteiger partial charge is 0.406 e. The summed E-state index contributed by atoms with van der Waals surface area (Å²) in [5.41, 5.74) is -1.24. The summed E-state index contributed by atoms with van der Waals surface area (Å²) in [6.07, 6.45) is -4.36. The van der Waals surface area contributed by atoms with Gasteiger partial charge in [-0.3, -0.25) is 9.59 Å². The monoisotopic (exact) mass is 613 g/mol. The van der Waals surface area contributed by atoms with Crippen molar-refractivity contribution in [3.63, 3.8) is 0 Å². The van der Waals surface area contributed by atoms with Crippen molar-refractivity contribution in [1.29, 1.82) is 0 Å². The fourth-order valence-electron chi connectivity index (χ4n) is 3.49. The van der Waals surface area contributed by atoms with Gasteiger partial charge in [-0.15, -0.1) is 0 Å². The second kappa shape index (κ2) is 12.7. The van der Waals surface area contributed by atoms with E-state index in [4.69, 9.17) is 9.31 Å². The summed E-state index contributed by atoms with van der Waals surface area (Å²) in [6.45, 7) is 8.67. The zero-order valence-corrected chi connectivity index (χ0v) is 22.6. The van der Waals surface area contributed by atoms with Gasteiger partial charge in [0, 0.05) is 22.0 Å². The van der Waals surface area contributed by atoms with Crippen molar-refractivity contribution in [3.8, 4) is 0 Å². The van der Waals surface area contributed by atoms with Gasteiger partial charge in [-0.25, -0.2) is 0 Å². The topological polar surface area (TPSA) is 88.7 Å². The van der Waals surface area contributed by atoms with E-state index in [0.717, 1.165) is 6.07 Å². The van der Waals surface area contributed by atoms with Gasteiger partial charge in [0.2, 0.25) is 5.91 Å². The van der Waals surface area contributed by atoms with Crippen molar-refractivity contribution in [2.75, 3.05) is 19.6 Å². The van der Waals surface area contributed by atoms with Gasteiger partial charge in [-0.1, -0.05) is 29.8 Å². The van der Waals surface area contributed by atoms with Gasteiger partial charge in [0.05, 0.1) is 35.8 Å². The highest BCUT2D eigenvalue weighted by Crippen LogP contribution is 2.38. The molecule has 34 heavy (non-hydrogen) atoms. The minimum absolute atomic E-state index is 0.0888. The third-order valence-corrected chi connectivity index (χ3v) is 6.31. The van der Waals surface area contributed by atoms with E-state index in [1.165, 1.54) is 6.07 Å². The Kier molecular flexibility index (Phi) is 10.9. The Hall–Kier alpha value is -1.15. The quantitative estimate of drug-likeness (QED) is 0.405. The zero-order chi connectivity index (χ0) is 25.6. The lowest BCUT2D eigenvalue weighted by molar-refractivity contribution is -0.138. The number of amides is 2. The van der Waals surface area contributed by atoms with E-state index in [2.05, 4.69) is 47.8 Å². The lowest BCUT2D eigenvalue weighted by Crippen LogP contribution is -2.56. The van der Waals surface area contributed by atoms with Crippen LogP contribution in [0, 0.1) is 5.92 Å². The molecule has 0 aromatic heterocycles. The maximum atomic E-state index is 13.2. The molecular weight excluding hydrogens is 586 g/mol. The first-order valence-corrected chi connectivity index (χ1v) is 12.5. The number of nitrogens with one attached hydrogen (secondary N) is 3. The van der Waals surface area contributed by atoms with E-state index in [1.54, 1.807) is 0 Å². The number of hydrogen-bond donors (Lipinski definition) is 3. The molecule has 0 bridgehead atoms. The van der Waals surface area contributed by atoms with Crippen LogP contribution in [0.3, 0.4) is 0 Å². The minimum Gasteiger partial charge on any atom is -0.406 e. The van der Waals surface area contributed by atoms with E-state index in [1.807, 2.05) is 27.7 Å². The summed E-state index contributed by atoms with van der Waals surface area (Å²) >= 11 is 5.86. The molecule has 0 radical (unpaired) electrons. The van der Waals surface area contributed by atoms with Crippen LogP contribution < -0.4 is 16.0 Å². The second-order valence-corrected chi connectivity index (χ2v) is 10.4. The summed E-state index contributed by atoms with van der Waals surface area (Å²) < 4.78 is 51.4. The van der Waals surface area contributed by atoms with Gasteiger partial charge in [0.25, 0.3) is 5.91 Å². The molecule has 2 unspecified atom stereocenters. The van der Waals surface area contributed by atoms with Crippen LogP contribution in [0.25, 0.3) is 0 Å². The number of carbonyl (C=O) groups excluding carboxylic acids is 2. The molecule has 3 N–H and O–H groups in total. The minimum atomic E-state index is -4.65. The molecule has 1 aliphatic heterocycles. The Balaban J connectivity index is 2.09. The molecule has 1 aromatic carbocycles. The number of carbonyl (C=O) groups is 2. The second-order valence-electron chi connectivity index (χ2n) is 8.72. The van der Waals surface area contributed by atoms with Gasteiger partial charge in [0.1, 0.15) is 0 Å². The first kappa shape index (κ1) is 29.1. The van der Waals surface area contributed by atoms with Crippen molar-refractivity contribution < 1.29 is 32.1 Å². The number of hydrogen-bond acceptors (Lipinski definition) is 5. The molecule has 1 aromatic rings. The predicted octanol–water partition coefficient (Wildman–Crippen LogP) is 3.93. The number of benzene rings is 1. The third-order valence-electron chi connectivity index (χ3n) is 4.99. The van der Waals surface area contributed by atoms with Crippen molar-refractivity contribution in [1.82, 2.24) is 16.0 Å². The lowest BCUT2D eigenvalue weighted by Gasteiger charge is -2.32. The molecule has 1 saturated heterocycles. The highest BCUT2D eigenvalue weighted by Gasteiger charge is 2.37. The van der Waals surface area contributed by atoms with E-state index >= 15 is 0 Å². The van der Waals surface area contributed by atoms with E-state index in [9.17, 15) is 22.8 Å². The molecule has 1 fully saturated rings. The molecule has 1 aliphatic rings. The van der Waals surface area contributed by atoms with Crippen LogP contribution in [-0.4, -0.2) is 56.7 Å². The molecule has 190 valence electrons. The lowest BCUT2D eigenvalue weighted by atomic mass is 9.73. The van der Waals surface area contributed by atoms with Crippen molar-refractivity contribution in [3.05, 3.63) is 32.2 Å². The average Bonchev–Trinajstić information content (AvgIpc) is 2.70.